The van der Waals surface area contributed by atoms with Crippen LogP contribution in [0.25, 0.3) is 5.65 Å². The van der Waals surface area contributed by atoms with Gasteiger partial charge in [-0.3, -0.25) is 4.79 Å². The number of halogens is 3. The number of alkyl halides is 3. The molecule has 0 aliphatic carbocycles. The number of fused-ring (bicyclic) bond motifs is 1. The number of imidazole rings is 1. The number of amides is 1. The topological polar surface area (TPSA) is 56.1 Å². The monoisotopic (exact) mass is 455 g/mol. The van der Waals surface area contributed by atoms with Crippen molar-refractivity contribution in [1.82, 2.24) is 14.3 Å². The lowest BCUT2D eigenvalue weighted by Gasteiger charge is -2.20. The molecule has 2 aromatic heterocycles. The molecule has 0 aliphatic heterocycles. The molecule has 0 bridgehead atoms. The summed E-state index contributed by atoms with van der Waals surface area (Å²) in [5.74, 6) is -0.226. The minimum absolute atomic E-state index is 0.0581. The minimum atomic E-state index is -4.81. The summed E-state index contributed by atoms with van der Waals surface area (Å²) in [7, 11) is 1.51. The van der Waals surface area contributed by atoms with Crippen LogP contribution in [-0.4, -0.2) is 33.6 Å². The molecule has 0 saturated heterocycles. The summed E-state index contributed by atoms with van der Waals surface area (Å²) >= 11 is 0. The van der Waals surface area contributed by atoms with E-state index in [4.69, 9.17) is 4.74 Å². The second-order valence-corrected chi connectivity index (χ2v) is 7.33. The molecular formula is C24H20F3N3O3. The number of benzene rings is 2. The summed E-state index contributed by atoms with van der Waals surface area (Å²) in [6, 6.07) is 18.0. The second-order valence-electron chi connectivity index (χ2n) is 7.33. The molecule has 170 valence electrons. The quantitative estimate of drug-likeness (QED) is 0.390. The van der Waals surface area contributed by atoms with Crippen LogP contribution in [0.2, 0.25) is 0 Å². The minimum Gasteiger partial charge on any atom is -0.487 e. The van der Waals surface area contributed by atoms with Crippen molar-refractivity contribution in [3.05, 3.63) is 95.9 Å². The summed E-state index contributed by atoms with van der Waals surface area (Å²) in [6.07, 6.45) is -1.07. The first-order valence-electron chi connectivity index (χ1n) is 10.0. The van der Waals surface area contributed by atoms with Gasteiger partial charge in [0.15, 0.2) is 0 Å². The smallest absolute Gasteiger partial charge is 0.487 e. The summed E-state index contributed by atoms with van der Waals surface area (Å²) < 4.78 is 49.7. The van der Waals surface area contributed by atoms with E-state index in [1.807, 2.05) is 35.0 Å². The number of ether oxygens (including phenoxy) is 2. The average Bonchev–Trinajstić information content (AvgIpc) is 3.21. The predicted octanol–water partition coefficient (Wildman–Crippen LogP) is 5.08. The average molecular weight is 455 g/mol. The van der Waals surface area contributed by atoms with Crippen LogP contribution in [0.3, 0.4) is 0 Å². The fourth-order valence-electron chi connectivity index (χ4n) is 3.34. The van der Waals surface area contributed by atoms with Crippen molar-refractivity contribution < 1.29 is 27.4 Å². The molecule has 4 rings (SSSR count). The van der Waals surface area contributed by atoms with Crippen molar-refractivity contribution in [3.63, 3.8) is 0 Å². The zero-order chi connectivity index (χ0) is 23.4. The van der Waals surface area contributed by atoms with E-state index in [1.165, 1.54) is 30.1 Å². The third-order valence-corrected chi connectivity index (χ3v) is 4.83. The molecule has 33 heavy (non-hydrogen) atoms. The lowest BCUT2D eigenvalue weighted by atomic mass is 10.1. The van der Waals surface area contributed by atoms with Gasteiger partial charge in [0, 0.05) is 37.1 Å². The molecule has 0 N–H and O–H groups in total. The molecule has 0 saturated carbocycles. The van der Waals surface area contributed by atoms with Crippen molar-refractivity contribution >= 4 is 11.6 Å². The van der Waals surface area contributed by atoms with Gasteiger partial charge < -0.3 is 18.8 Å². The van der Waals surface area contributed by atoms with E-state index in [0.29, 0.717) is 11.3 Å². The number of para-hydroxylation sites is 1. The largest absolute Gasteiger partial charge is 0.573 e. The fourth-order valence-corrected chi connectivity index (χ4v) is 3.34. The molecule has 0 fully saturated rings. The van der Waals surface area contributed by atoms with Crippen LogP contribution in [0, 0.1) is 0 Å². The van der Waals surface area contributed by atoms with Crippen LogP contribution in [0.5, 0.6) is 11.5 Å². The van der Waals surface area contributed by atoms with Crippen molar-refractivity contribution in [1.29, 1.82) is 0 Å². The van der Waals surface area contributed by atoms with E-state index >= 15 is 0 Å². The van der Waals surface area contributed by atoms with Gasteiger partial charge in [0.05, 0.1) is 5.69 Å². The molecule has 0 unspecified atom stereocenters. The Bertz CT molecular complexity index is 1240. The molecule has 2 aromatic carbocycles. The van der Waals surface area contributed by atoms with E-state index in [2.05, 4.69) is 9.72 Å². The first kappa shape index (κ1) is 22.2. The van der Waals surface area contributed by atoms with E-state index in [1.54, 1.807) is 30.3 Å². The van der Waals surface area contributed by atoms with E-state index < -0.39 is 6.36 Å². The molecule has 2 heterocycles. The molecule has 1 amide bonds. The first-order valence-corrected chi connectivity index (χ1v) is 10.0. The van der Waals surface area contributed by atoms with Crippen LogP contribution >= 0.6 is 0 Å². The molecule has 0 spiro atoms. The summed E-state index contributed by atoms with van der Waals surface area (Å²) in [6.45, 7) is 0.161. The molecule has 9 heteroatoms. The number of rotatable bonds is 7. The lowest BCUT2D eigenvalue weighted by molar-refractivity contribution is -0.275. The van der Waals surface area contributed by atoms with E-state index in [0.717, 1.165) is 11.3 Å². The van der Waals surface area contributed by atoms with Gasteiger partial charge in [0.2, 0.25) is 0 Å². The van der Waals surface area contributed by atoms with Crippen LogP contribution in [0.15, 0.2) is 79.1 Å². The maximum absolute atomic E-state index is 12.9. The number of pyridine rings is 1. The van der Waals surface area contributed by atoms with Gasteiger partial charge in [-0.1, -0.05) is 30.3 Å². The zero-order valence-electron chi connectivity index (χ0n) is 17.6. The Hall–Kier alpha value is -4.01. The summed E-state index contributed by atoms with van der Waals surface area (Å²) in [5, 5.41) is 0. The Morgan fingerprint density at radius 1 is 1.06 bits per heavy atom. The highest BCUT2D eigenvalue weighted by Crippen LogP contribution is 2.27. The number of hydrogen-bond donors (Lipinski definition) is 0. The standard InChI is InChI=1S/C24H20F3N3O3/c1-29(14-18-7-2-3-10-21(18)33-24(25,26)27)23(31)17-8-6-9-20(13-17)32-16-19-15-30-12-5-4-11-22(30)28-19/h2-13,15H,14,16H2,1H3. The Kier molecular flexibility index (Phi) is 6.21. The van der Waals surface area contributed by atoms with Gasteiger partial charge in [0.1, 0.15) is 23.8 Å². The van der Waals surface area contributed by atoms with Gasteiger partial charge in [-0.05, 0) is 36.4 Å². The fraction of sp³-hybridized carbons (Fsp3) is 0.167. The maximum Gasteiger partial charge on any atom is 0.573 e. The molecular weight excluding hydrogens is 435 g/mol. The third kappa shape index (κ3) is 5.62. The summed E-state index contributed by atoms with van der Waals surface area (Å²) in [4.78, 5) is 18.7. The Labute approximate surface area is 187 Å². The lowest BCUT2D eigenvalue weighted by Crippen LogP contribution is -2.27. The first-order chi connectivity index (χ1) is 15.8. The highest BCUT2D eigenvalue weighted by molar-refractivity contribution is 5.94. The van der Waals surface area contributed by atoms with Crippen LogP contribution in [0.1, 0.15) is 21.6 Å². The van der Waals surface area contributed by atoms with Crippen LogP contribution in [0.4, 0.5) is 13.2 Å². The van der Waals surface area contributed by atoms with Crippen LogP contribution < -0.4 is 9.47 Å². The molecule has 6 nitrogen and oxygen atoms in total. The Morgan fingerprint density at radius 2 is 1.85 bits per heavy atom. The maximum atomic E-state index is 12.9. The Balaban J connectivity index is 1.43. The molecule has 0 radical (unpaired) electrons. The van der Waals surface area contributed by atoms with Crippen molar-refractivity contribution in [3.8, 4) is 11.5 Å². The Morgan fingerprint density at radius 3 is 2.64 bits per heavy atom. The van der Waals surface area contributed by atoms with Gasteiger partial charge in [-0.15, -0.1) is 13.2 Å². The number of carbonyl (C=O) groups excluding carboxylic acids is 1. The highest BCUT2D eigenvalue weighted by Gasteiger charge is 2.32. The van der Waals surface area contributed by atoms with E-state index in [-0.39, 0.29) is 30.4 Å². The number of hydrogen-bond acceptors (Lipinski definition) is 4. The van der Waals surface area contributed by atoms with Gasteiger partial charge in [-0.25, -0.2) is 4.98 Å². The van der Waals surface area contributed by atoms with Crippen molar-refractivity contribution in [2.75, 3.05) is 7.05 Å². The molecule has 0 aliphatic rings. The summed E-state index contributed by atoms with van der Waals surface area (Å²) in [5.41, 5.74) is 2.12. The van der Waals surface area contributed by atoms with Crippen molar-refractivity contribution in [2.24, 2.45) is 0 Å². The second kappa shape index (κ2) is 9.23. The SMILES string of the molecule is CN(Cc1ccccc1OC(F)(F)F)C(=O)c1cccc(OCc2cn3ccccc3n2)c1. The number of nitrogens with zero attached hydrogens (tertiary/aromatic N) is 3. The molecule has 0 atom stereocenters. The van der Waals surface area contributed by atoms with Gasteiger partial charge >= 0.3 is 6.36 Å². The third-order valence-electron chi connectivity index (χ3n) is 4.83. The molecule has 4 aromatic rings. The zero-order valence-corrected chi connectivity index (χ0v) is 17.6. The van der Waals surface area contributed by atoms with Gasteiger partial charge in [-0.2, -0.15) is 0 Å². The number of carbonyl (C=O) groups is 1. The van der Waals surface area contributed by atoms with Crippen molar-refractivity contribution in [2.45, 2.75) is 19.5 Å². The van der Waals surface area contributed by atoms with Gasteiger partial charge in [0.25, 0.3) is 5.91 Å². The highest BCUT2D eigenvalue weighted by atomic mass is 19.4. The van der Waals surface area contributed by atoms with Crippen LogP contribution in [-0.2, 0) is 13.2 Å². The normalized spacial score (nSPS) is 11.4. The number of aromatic nitrogens is 2. The van der Waals surface area contributed by atoms with E-state index in [9.17, 15) is 18.0 Å². The predicted molar refractivity (Wildman–Crippen MR) is 115 cm³/mol.